The Morgan fingerprint density at radius 3 is 2.72 bits per heavy atom. The van der Waals surface area contributed by atoms with Gasteiger partial charge in [-0.3, -0.25) is 4.79 Å². The molecule has 4 rings (SSSR count). The minimum Gasteiger partial charge on any atom is -0.456 e. The number of aromatic nitrogens is 1. The maximum absolute atomic E-state index is 12.8. The molecule has 0 N–H and O–H groups in total. The second-order valence-electron chi connectivity index (χ2n) is 6.61. The number of sulfonamides is 1. The third kappa shape index (κ3) is 2.90. The zero-order valence-electron chi connectivity index (χ0n) is 14.0. The molecule has 0 spiro atoms. The average molecular weight is 381 g/mol. The number of thiazole rings is 1. The topological polar surface area (TPSA) is 83.7 Å². The molecule has 0 saturated carbocycles. The van der Waals surface area contributed by atoms with Gasteiger partial charge in [-0.25, -0.2) is 13.4 Å². The molecule has 0 aromatic carbocycles. The quantitative estimate of drug-likeness (QED) is 0.807. The number of furan rings is 1. The summed E-state index contributed by atoms with van der Waals surface area (Å²) in [4.78, 5) is 18.4. The highest BCUT2D eigenvalue weighted by Gasteiger charge is 2.52. The van der Waals surface area contributed by atoms with E-state index >= 15 is 0 Å². The number of carbonyl (C=O) groups excluding carboxylic acids is 1. The molecule has 4 heterocycles. The van der Waals surface area contributed by atoms with Gasteiger partial charge in [-0.1, -0.05) is 0 Å². The van der Waals surface area contributed by atoms with Gasteiger partial charge in [0.05, 0.1) is 22.5 Å². The van der Waals surface area contributed by atoms with Crippen molar-refractivity contribution >= 4 is 27.3 Å². The first-order valence-corrected chi connectivity index (χ1v) is 10.5. The first kappa shape index (κ1) is 16.7. The van der Waals surface area contributed by atoms with Crippen LogP contribution >= 0.6 is 11.3 Å². The van der Waals surface area contributed by atoms with Gasteiger partial charge in [-0.05, 0) is 26.0 Å². The molecule has 2 saturated heterocycles. The molecular weight excluding hydrogens is 362 g/mol. The van der Waals surface area contributed by atoms with E-state index in [9.17, 15) is 13.2 Å². The van der Waals surface area contributed by atoms with E-state index in [2.05, 4.69) is 4.98 Å². The van der Waals surface area contributed by atoms with E-state index in [1.165, 1.54) is 15.6 Å². The van der Waals surface area contributed by atoms with Crippen LogP contribution in [0.25, 0.3) is 0 Å². The number of hydrogen-bond donors (Lipinski definition) is 0. The van der Waals surface area contributed by atoms with Crippen LogP contribution in [0.2, 0.25) is 0 Å². The van der Waals surface area contributed by atoms with Crippen molar-refractivity contribution in [3.63, 3.8) is 0 Å². The Hall–Kier alpha value is -1.71. The van der Waals surface area contributed by atoms with Gasteiger partial charge >= 0.3 is 0 Å². The molecule has 0 bridgehead atoms. The number of rotatable bonds is 3. The molecule has 2 aromatic heterocycles. The van der Waals surface area contributed by atoms with Crippen molar-refractivity contribution in [2.45, 2.75) is 25.6 Å². The molecular formula is C16H19N3O4S2. The van der Waals surface area contributed by atoms with E-state index in [1.807, 2.05) is 12.3 Å². The van der Waals surface area contributed by atoms with Crippen molar-refractivity contribution in [3.05, 3.63) is 39.7 Å². The fraction of sp³-hybridized carbons (Fsp3) is 0.500. The van der Waals surface area contributed by atoms with Gasteiger partial charge in [-0.15, -0.1) is 11.3 Å². The lowest BCUT2D eigenvalue weighted by Gasteiger charge is -2.20. The lowest BCUT2D eigenvalue weighted by atomic mass is 10.1. The predicted molar refractivity (Wildman–Crippen MR) is 92.8 cm³/mol. The van der Waals surface area contributed by atoms with Gasteiger partial charge in [0.1, 0.15) is 5.76 Å². The molecule has 134 valence electrons. The maximum atomic E-state index is 12.8. The van der Waals surface area contributed by atoms with Crippen LogP contribution < -0.4 is 0 Å². The smallest absolute Gasteiger partial charge is 0.289 e. The number of nitrogens with zero attached hydrogens (tertiary/aromatic N) is 3. The summed E-state index contributed by atoms with van der Waals surface area (Å²) in [6.45, 7) is 5.09. The third-order valence-electron chi connectivity index (χ3n) is 4.80. The van der Waals surface area contributed by atoms with Crippen LogP contribution in [0.3, 0.4) is 0 Å². The predicted octanol–water partition coefficient (Wildman–Crippen LogP) is 1.64. The minimum atomic E-state index is -3.42. The Kier molecular flexibility index (Phi) is 3.97. The zero-order chi connectivity index (χ0) is 17.8. The molecule has 0 unspecified atom stereocenters. The molecule has 2 atom stereocenters. The van der Waals surface area contributed by atoms with Crippen molar-refractivity contribution in [2.75, 3.05) is 19.6 Å². The normalized spacial score (nSPS) is 25.4. The lowest BCUT2D eigenvalue weighted by molar-refractivity contribution is 0.0751. The molecule has 1 amide bonds. The Bertz CT molecular complexity index is 917. The average Bonchev–Trinajstić information content (AvgIpc) is 3.29. The van der Waals surface area contributed by atoms with Crippen LogP contribution in [0.1, 0.15) is 27.0 Å². The Balaban J connectivity index is 1.48. The highest BCUT2D eigenvalue weighted by molar-refractivity contribution is 7.90. The molecule has 9 heteroatoms. The molecule has 2 aliphatic heterocycles. The van der Waals surface area contributed by atoms with Gasteiger partial charge in [-0.2, -0.15) is 4.31 Å². The summed E-state index contributed by atoms with van der Waals surface area (Å²) in [6, 6.07) is 3.37. The van der Waals surface area contributed by atoms with E-state index < -0.39 is 15.3 Å². The summed E-state index contributed by atoms with van der Waals surface area (Å²) < 4.78 is 32.6. The summed E-state index contributed by atoms with van der Waals surface area (Å²) in [5.41, 5.74) is 0.782. The molecule has 0 radical (unpaired) electrons. The Morgan fingerprint density at radius 1 is 1.32 bits per heavy atom. The van der Waals surface area contributed by atoms with Crippen molar-refractivity contribution in [1.82, 2.24) is 14.2 Å². The first-order valence-electron chi connectivity index (χ1n) is 8.10. The number of carbonyl (C=O) groups is 1. The highest BCUT2D eigenvalue weighted by Crippen LogP contribution is 2.35. The molecule has 2 fully saturated rings. The van der Waals surface area contributed by atoms with E-state index in [4.69, 9.17) is 4.42 Å². The van der Waals surface area contributed by atoms with Crippen molar-refractivity contribution in [2.24, 2.45) is 5.92 Å². The Morgan fingerprint density at radius 2 is 2.12 bits per heavy atom. The van der Waals surface area contributed by atoms with Crippen LogP contribution in [0, 0.1) is 19.8 Å². The van der Waals surface area contributed by atoms with Crippen LogP contribution in [0.4, 0.5) is 0 Å². The highest BCUT2D eigenvalue weighted by atomic mass is 32.2. The second kappa shape index (κ2) is 5.93. The third-order valence-corrected chi connectivity index (χ3v) is 7.92. The molecule has 0 aliphatic carbocycles. The summed E-state index contributed by atoms with van der Waals surface area (Å²) in [6.07, 6.45) is 0. The van der Waals surface area contributed by atoms with E-state index in [1.54, 1.807) is 24.0 Å². The first-order chi connectivity index (χ1) is 11.8. The number of amides is 1. The largest absolute Gasteiger partial charge is 0.456 e. The van der Waals surface area contributed by atoms with Gasteiger partial charge in [0.15, 0.2) is 5.76 Å². The van der Waals surface area contributed by atoms with Gasteiger partial charge in [0, 0.05) is 30.9 Å². The molecule has 25 heavy (non-hydrogen) atoms. The molecule has 2 aromatic rings. The van der Waals surface area contributed by atoms with Crippen LogP contribution in [-0.2, 0) is 16.6 Å². The maximum Gasteiger partial charge on any atom is 0.289 e. The van der Waals surface area contributed by atoms with E-state index in [-0.39, 0.29) is 24.1 Å². The van der Waals surface area contributed by atoms with E-state index in [0.29, 0.717) is 25.4 Å². The SMILES string of the molecule is Cc1ccc(C(=O)N2C[C@@H]3CN(Cc4csc(C)n4)S(=O)(=O)[C@@H]3C2)o1. The second-order valence-corrected chi connectivity index (χ2v) is 9.83. The van der Waals surface area contributed by atoms with Gasteiger partial charge < -0.3 is 9.32 Å². The number of fused-ring (bicyclic) bond motifs is 1. The summed E-state index contributed by atoms with van der Waals surface area (Å²) in [5, 5.41) is 2.29. The summed E-state index contributed by atoms with van der Waals surface area (Å²) in [5.74, 6) is 0.633. The molecule has 2 aliphatic rings. The van der Waals surface area contributed by atoms with Crippen molar-refractivity contribution in [1.29, 1.82) is 0 Å². The fourth-order valence-corrected chi connectivity index (χ4v) is 6.32. The number of hydrogen-bond acceptors (Lipinski definition) is 6. The Labute approximate surface area is 150 Å². The fourth-order valence-electron chi connectivity index (χ4n) is 3.60. The van der Waals surface area contributed by atoms with Crippen LogP contribution in [0.15, 0.2) is 21.9 Å². The van der Waals surface area contributed by atoms with Crippen molar-refractivity contribution < 1.29 is 17.6 Å². The van der Waals surface area contributed by atoms with Crippen LogP contribution in [0.5, 0.6) is 0 Å². The van der Waals surface area contributed by atoms with Gasteiger partial charge in [0.2, 0.25) is 10.0 Å². The molecule has 7 nitrogen and oxygen atoms in total. The zero-order valence-corrected chi connectivity index (χ0v) is 15.6. The number of likely N-dealkylation sites (tertiary alicyclic amines) is 1. The summed E-state index contributed by atoms with van der Waals surface area (Å²) in [7, 11) is -3.42. The lowest BCUT2D eigenvalue weighted by Crippen LogP contribution is -2.36. The monoisotopic (exact) mass is 381 g/mol. The van der Waals surface area contributed by atoms with E-state index in [0.717, 1.165) is 10.7 Å². The van der Waals surface area contributed by atoms with Crippen LogP contribution in [-0.4, -0.2) is 53.4 Å². The van der Waals surface area contributed by atoms with Gasteiger partial charge in [0.25, 0.3) is 5.91 Å². The summed E-state index contributed by atoms with van der Waals surface area (Å²) >= 11 is 1.52. The number of aryl methyl sites for hydroxylation is 2. The minimum absolute atomic E-state index is 0.0651. The van der Waals surface area contributed by atoms with Crippen molar-refractivity contribution in [3.8, 4) is 0 Å². The standard InChI is InChI=1S/C16H19N3O4S2/c1-10-3-4-14(23-10)16(20)18-5-12-6-19(25(21,22)15(12)8-18)7-13-9-24-11(2)17-13/h3-4,9,12,15H,5-8H2,1-2H3/t12-,15-/m1/s1.